The van der Waals surface area contributed by atoms with Gasteiger partial charge in [-0.15, -0.1) is 0 Å². The zero-order chi connectivity index (χ0) is 19.4. The van der Waals surface area contributed by atoms with Crippen LogP contribution in [0, 0.1) is 0 Å². The first-order valence-electron chi connectivity index (χ1n) is 8.92. The minimum absolute atomic E-state index is 0.0437. The SMILES string of the molecule is COC(=O)[C@@H]1O[C@H](c2ccccc2)CN1C(C)Cc1ccc(C(N)=O)cc1. The zero-order valence-corrected chi connectivity index (χ0v) is 15.5. The number of hydrogen-bond acceptors (Lipinski definition) is 5. The molecule has 1 amide bonds. The molecule has 2 N–H and O–H groups in total. The van der Waals surface area contributed by atoms with Gasteiger partial charge in [0.2, 0.25) is 12.1 Å². The molecule has 0 radical (unpaired) electrons. The molecule has 1 aliphatic rings. The van der Waals surface area contributed by atoms with Gasteiger partial charge in [0.15, 0.2) is 0 Å². The Balaban J connectivity index is 1.75. The van der Waals surface area contributed by atoms with Gasteiger partial charge < -0.3 is 15.2 Å². The Morgan fingerprint density at radius 3 is 2.44 bits per heavy atom. The minimum Gasteiger partial charge on any atom is -0.466 e. The van der Waals surface area contributed by atoms with Gasteiger partial charge in [-0.05, 0) is 36.6 Å². The number of ether oxygens (including phenoxy) is 2. The molecule has 1 saturated heterocycles. The van der Waals surface area contributed by atoms with Crippen LogP contribution in [-0.2, 0) is 20.7 Å². The van der Waals surface area contributed by atoms with Gasteiger partial charge >= 0.3 is 5.97 Å². The highest BCUT2D eigenvalue weighted by atomic mass is 16.6. The van der Waals surface area contributed by atoms with Gasteiger partial charge in [0.1, 0.15) is 0 Å². The van der Waals surface area contributed by atoms with Crippen LogP contribution in [0.25, 0.3) is 0 Å². The summed E-state index contributed by atoms with van der Waals surface area (Å²) >= 11 is 0. The molecule has 0 saturated carbocycles. The van der Waals surface area contributed by atoms with Crippen LogP contribution in [0.4, 0.5) is 0 Å². The number of methoxy groups -OCH3 is 1. The van der Waals surface area contributed by atoms with Crippen molar-refractivity contribution in [1.29, 1.82) is 0 Å². The summed E-state index contributed by atoms with van der Waals surface area (Å²) in [5.41, 5.74) is 7.86. The predicted molar refractivity (Wildman–Crippen MR) is 101 cm³/mol. The van der Waals surface area contributed by atoms with E-state index in [4.69, 9.17) is 15.2 Å². The van der Waals surface area contributed by atoms with E-state index in [1.807, 2.05) is 47.4 Å². The number of nitrogens with zero attached hydrogens (tertiary/aromatic N) is 1. The molecule has 142 valence electrons. The summed E-state index contributed by atoms with van der Waals surface area (Å²) in [4.78, 5) is 25.5. The van der Waals surface area contributed by atoms with Crippen molar-refractivity contribution in [2.24, 2.45) is 5.73 Å². The van der Waals surface area contributed by atoms with Crippen molar-refractivity contribution in [3.8, 4) is 0 Å². The molecular formula is C21H24N2O4. The van der Waals surface area contributed by atoms with Crippen LogP contribution in [0.3, 0.4) is 0 Å². The largest absolute Gasteiger partial charge is 0.466 e. The fourth-order valence-electron chi connectivity index (χ4n) is 3.38. The summed E-state index contributed by atoms with van der Waals surface area (Å²) < 4.78 is 10.9. The predicted octanol–water partition coefficient (Wildman–Crippen LogP) is 2.29. The van der Waals surface area contributed by atoms with E-state index < -0.39 is 18.1 Å². The van der Waals surface area contributed by atoms with Gasteiger partial charge in [-0.25, -0.2) is 4.79 Å². The number of esters is 1. The summed E-state index contributed by atoms with van der Waals surface area (Å²) in [5.74, 6) is -0.844. The molecule has 0 aliphatic carbocycles. The van der Waals surface area contributed by atoms with E-state index in [0.717, 1.165) is 11.1 Å². The molecule has 1 heterocycles. The van der Waals surface area contributed by atoms with E-state index in [1.165, 1.54) is 7.11 Å². The second kappa shape index (κ2) is 8.33. The lowest BCUT2D eigenvalue weighted by atomic mass is 10.0. The second-order valence-electron chi connectivity index (χ2n) is 6.72. The summed E-state index contributed by atoms with van der Waals surface area (Å²) in [6.45, 7) is 2.65. The molecule has 27 heavy (non-hydrogen) atoms. The Morgan fingerprint density at radius 1 is 1.19 bits per heavy atom. The summed E-state index contributed by atoms with van der Waals surface area (Å²) in [5, 5.41) is 0. The average Bonchev–Trinajstić information content (AvgIpc) is 3.14. The smallest absolute Gasteiger partial charge is 0.350 e. The monoisotopic (exact) mass is 368 g/mol. The first kappa shape index (κ1) is 19.1. The van der Waals surface area contributed by atoms with Crippen LogP contribution in [0.15, 0.2) is 54.6 Å². The van der Waals surface area contributed by atoms with Crippen molar-refractivity contribution in [2.75, 3.05) is 13.7 Å². The van der Waals surface area contributed by atoms with Gasteiger partial charge in [0.25, 0.3) is 0 Å². The fraction of sp³-hybridized carbons (Fsp3) is 0.333. The van der Waals surface area contributed by atoms with Crippen LogP contribution >= 0.6 is 0 Å². The number of nitrogens with two attached hydrogens (primary N) is 1. The lowest BCUT2D eigenvalue weighted by Gasteiger charge is -2.27. The molecule has 2 aromatic carbocycles. The van der Waals surface area contributed by atoms with Crippen molar-refractivity contribution in [3.63, 3.8) is 0 Å². The molecule has 1 aliphatic heterocycles. The molecule has 2 aromatic rings. The summed E-state index contributed by atoms with van der Waals surface area (Å²) in [6.07, 6.45) is -0.215. The summed E-state index contributed by atoms with van der Waals surface area (Å²) in [7, 11) is 1.37. The van der Waals surface area contributed by atoms with Crippen LogP contribution in [0.2, 0.25) is 0 Å². The summed E-state index contributed by atoms with van der Waals surface area (Å²) in [6, 6.07) is 17.1. The minimum atomic E-state index is -0.736. The number of carbonyl (C=O) groups excluding carboxylic acids is 2. The van der Waals surface area contributed by atoms with Gasteiger partial charge in [-0.2, -0.15) is 0 Å². The molecule has 0 aromatic heterocycles. The number of carbonyl (C=O) groups is 2. The first-order chi connectivity index (χ1) is 13.0. The standard InChI is InChI=1S/C21H24N2O4/c1-14(12-15-8-10-17(11-9-15)19(22)24)23-13-18(16-6-4-3-5-7-16)27-20(23)21(25)26-2/h3-11,14,18,20H,12-13H2,1-2H3,(H2,22,24)/t14?,18-,20-/m0/s1. The van der Waals surface area contributed by atoms with E-state index in [0.29, 0.717) is 18.5 Å². The van der Waals surface area contributed by atoms with Gasteiger partial charge in [0.05, 0.1) is 13.2 Å². The molecule has 1 unspecified atom stereocenters. The maximum atomic E-state index is 12.2. The second-order valence-corrected chi connectivity index (χ2v) is 6.72. The number of benzene rings is 2. The molecule has 3 atom stereocenters. The van der Waals surface area contributed by atoms with E-state index in [-0.39, 0.29) is 12.1 Å². The quantitative estimate of drug-likeness (QED) is 0.791. The van der Waals surface area contributed by atoms with Crippen LogP contribution in [0.5, 0.6) is 0 Å². The number of amides is 1. The highest BCUT2D eigenvalue weighted by Crippen LogP contribution is 2.31. The van der Waals surface area contributed by atoms with E-state index in [9.17, 15) is 9.59 Å². The fourth-order valence-corrected chi connectivity index (χ4v) is 3.38. The Labute approximate surface area is 158 Å². The van der Waals surface area contributed by atoms with Crippen molar-refractivity contribution >= 4 is 11.9 Å². The van der Waals surface area contributed by atoms with Crippen LogP contribution in [-0.4, -0.2) is 42.7 Å². The highest BCUT2D eigenvalue weighted by Gasteiger charge is 2.41. The van der Waals surface area contributed by atoms with E-state index in [2.05, 4.69) is 6.92 Å². The van der Waals surface area contributed by atoms with Gasteiger partial charge in [-0.1, -0.05) is 42.5 Å². The van der Waals surface area contributed by atoms with Gasteiger partial charge in [-0.3, -0.25) is 9.69 Å². The molecule has 0 spiro atoms. The van der Waals surface area contributed by atoms with Crippen molar-refractivity contribution < 1.29 is 19.1 Å². The van der Waals surface area contributed by atoms with Crippen molar-refractivity contribution in [3.05, 3.63) is 71.3 Å². The third kappa shape index (κ3) is 4.35. The molecule has 6 nitrogen and oxygen atoms in total. The topological polar surface area (TPSA) is 81.9 Å². The normalized spacial score (nSPS) is 21.0. The Hall–Kier alpha value is -2.70. The molecule has 6 heteroatoms. The Morgan fingerprint density at radius 2 is 1.85 bits per heavy atom. The molecule has 3 rings (SSSR count). The third-order valence-electron chi connectivity index (χ3n) is 4.88. The molecule has 0 bridgehead atoms. The molecule has 1 fully saturated rings. The van der Waals surface area contributed by atoms with E-state index >= 15 is 0 Å². The lowest BCUT2D eigenvalue weighted by molar-refractivity contribution is -0.162. The number of hydrogen-bond donors (Lipinski definition) is 1. The average molecular weight is 368 g/mol. The van der Waals surface area contributed by atoms with Crippen molar-refractivity contribution in [1.82, 2.24) is 4.90 Å². The Bertz CT molecular complexity index is 792. The Kier molecular flexibility index (Phi) is 5.88. The third-order valence-corrected chi connectivity index (χ3v) is 4.88. The van der Waals surface area contributed by atoms with Crippen LogP contribution in [0.1, 0.15) is 34.5 Å². The van der Waals surface area contributed by atoms with Gasteiger partial charge in [0, 0.05) is 18.2 Å². The van der Waals surface area contributed by atoms with Crippen LogP contribution < -0.4 is 5.73 Å². The van der Waals surface area contributed by atoms with E-state index in [1.54, 1.807) is 12.1 Å². The maximum absolute atomic E-state index is 12.2. The number of rotatable bonds is 6. The number of primary amides is 1. The zero-order valence-electron chi connectivity index (χ0n) is 15.5. The first-order valence-corrected chi connectivity index (χ1v) is 8.92. The van der Waals surface area contributed by atoms with Crippen molar-refractivity contribution in [2.45, 2.75) is 31.7 Å². The maximum Gasteiger partial charge on any atom is 0.350 e. The highest BCUT2D eigenvalue weighted by molar-refractivity contribution is 5.92. The lowest BCUT2D eigenvalue weighted by Crippen LogP contribution is -2.44. The molecular weight excluding hydrogens is 344 g/mol.